The maximum absolute atomic E-state index is 12.5. The zero-order valence-electron chi connectivity index (χ0n) is 17.1. The van der Waals surface area contributed by atoms with Crippen LogP contribution in [0.1, 0.15) is 18.9 Å². The summed E-state index contributed by atoms with van der Waals surface area (Å²) in [6.07, 6.45) is 0.0732. The zero-order chi connectivity index (χ0) is 21.5. The lowest BCUT2D eigenvalue weighted by molar-refractivity contribution is -0.130. The summed E-state index contributed by atoms with van der Waals surface area (Å²) < 4.78 is 5.58. The summed E-state index contributed by atoms with van der Waals surface area (Å²) in [7, 11) is 0. The Bertz CT molecular complexity index is 914. The standard InChI is InChI=1S/C22H26N4O4/c1-3-30-19-7-5-4-6-18(19)26-14-16(12-21(26)28)22(29)25-24-20(27)13-23-17-10-8-15(2)9-11-17/h4-11,16,23H,3,12-14H2,1-2H3,(H,24,27)(H,25,29). The van der Waals surface area contributed by atoms with Crippen LogP contribution in [0.25, 0.3) is 0 Å². The molecule has 0 aromatic heterocycles. The van der Waals surface area contributed by atoms with Crippen LogP contribution in [0, 0.1) is 12.8 Å². The lowest BCUT2D eigenvalue weighted by atomic mass is 10.1. The third-order valence-electron chi connectivity index (χ3n) is 4.78. The molecule has 2 aromatic carbocycles. The van der Waals surface area contributed by atoms with E-state index in [1.165, 1.54) is 0 Å². The Kier molecular flexibility index (Phi) is 6.90. The second kappa shape index (κ2) is 9.78. The molecule has 0 radical (unpaired) electrons. The van der Waals surface area contributed by atoms with Gasteiger partial charge in [0.2, 0.25) is 11.8 Å². The number of ether oxygens (including phenoxy) is 1. The molecule has 0 aliphatic carbocycles. The molecule has 1 fully saturated rings. The Labute approximate surface area is 175 Å². The first-order valence-electron chi connectivity index (χ1n) is 9.89. The van der Waals surface area contributed by atoms with Crippen molar-refractivity contribution in [2.24, 2.45) is 5.92 Å². The maximum Gasteiger partial charge on any atom is 0.257 e. The van der Waals surface area contributed by atoms with Crippen LogP contribution >= 0.6 is 0 Å². The molecule has 8 heteroatoms. The van der Waals surface area contributed by atoms with Crippen LogP contribution in [-0.2, 0) is 14.4 Å². The van der Waals surface area contributed by atoms with E-state index in [0.717, 1.165) is 11.3 Å². The molecule has 1 aliphatic heterocycles. The van der Waals surface area contributed by atoms with Gasteiger partial charge in [0.1, 0.15) is 5.75 Å². The number of carbonyl (C=O) groups excluding carboxylic acids is 3. The van der Waals surface area contributed by atoms with E-state index in [9.17, 15) is 14.4 Å². The van der Waals surface area contributed by atoms with Crippen molar-refractivity contribution in [2.45, 2.75) is 20.3 Å². The average Bonchev–Trinajstić information content (AvgIpc) is 3.14. The Morgan fingerprint density at radius 3 is 2.57 bits per heavy atom. The van der Waals surface area contributed by atoms with Gasteiger partial charge >= 0.3 is 0 Å². The molecule has 3 amide bonds. The minimum absolute atomic E-state index is 0.0147. The molecule has 1 aliphatic rings. The molecule has 3 N–H and O–H groups in total. The number of para-hydroxylation sites is 2. The fraction of sp³-hybridized carbons (Fsp3) is 0.318. The summed E-state index contributed by atoms with van der Waals surface area (Å²) in [6, 6.07) is 14.9. The van der Waals surface area contributed by atoms with E-state index in [2.05, 4.69) is 16.2 Å². The Hall–Kier alpha value is -3.55. The second-order valence-electron chi connectivity index (χ2n) is 7.06. The third kappa shape index (κ3) is 5.28. The summed E-state index contributed by atoms with van der Waals surface area (Å²) in [5.41, 5.74) is 7.38. The molecule has 2 aromatic rings. The highest BCUT2D eigenvalue weighted by atomic mass is 16.5. The van der Waals surface area contributed by atoms with Gasteiger partial charge in [-0.25, -0.2) is 0 Å². The smallest absolute Gasteiger partial charge is 0.257 e. The van der Waals surface area contributed by atoms with Crippen molar-refractivity contribution < 1.29 is 19.1 Å². The molecule has 0 bridgehead atoms. The van der Waals surface area contributed by atoms with Gasteiger partial charge in [-0.3, -0.25) is 25.2 Å². The third-order valence-corrected chi connectivity index (χ3v) is 4.78. The number of rotatable bonds is 7. The summed E-state index contributed by atoms with van der Waals surface area (Å²) >= 11 is 0. The van der Waals surface area contributed by atoms with Gasteiger partial charge in [0, 0.05) is 18.7 Å². The molecule has 1 atom stereocenters. The second-order valence-corrected chi connectivity index (χ2v) is 7.06. The van der Waals surface area contributed by atoms with Crippen LogP contribution in [-0.4, -0.2) is 37.4 Å². The lowest BCUT2D eigenvalue weighted by Gasteiger charge is -2.20. The normalized spacial score (nSPS) is 15.6. The average molecular weight is 410 g/mol. The Morgan fingerprint density at radius 1 is 1.10 bits per heavy atom. The number of hydrogen-bond donors (Lipinski definition) is 3. The zero-order valence-corrected chi connectivity index (χ0v) is 17.1. The van der Waals surface area contributed by atoms with Crippen LogP contribution in [0.15, 0.2) is 48.5 Å². The number of carbonyl (C=O) groups is 3. The van der Waals surface area contributed by atoms with Gasteiger partial charge in [-0.1, -0.05) is 29.8 Å². The van der Waals surface area contributed by atoms with Crippen molar-refractivity contribution >= 4 is 29.1 Å². The van der Waals surface area contributed by atoms with Gasteiger partial charge in [0.25, 0.3) is 5.91 Å². The van der Waals surface area contributed by atoms with E-state index in [0.29, 0.717) is 18.0 Å². The topological polar surface area (TPSA) is 99.8 Å². The minimum Gasteiger partial charge on any atom is -0.492 e. The van der Waals surface area contributed by atoms with Crippen LogP contribution < -0.4 is 25.8 Å². The number of anilines is 2. The number of benzene rings is 2. The SMILES string of the molecule is CCOc1ccccc1N1CC(C(=O)NNC(=O)CNc2ccc(C)cc2)CC1=O. The molecule has 30 heavy (non-hydrogen) atoms. The number of amides is 3. The van der Waals surface area contributed by atoms with Crippen molar-refractivity contribution in [3.05, 3.63) is 54.1 Å². The summed E-state index contributed by atoms with van der Waals surface area (Å²) in [6.45, 7) is 4.57. The van der Waals surface area contributed by atoms with Gasteiger partial charge in [-0.15, -0.1) is 0 Å². The molecule has 1 unspecified atom stereocenters. The predicted molar refractivity (Wildman–Crippen MR) is 114 cm³/mol. The number of aryl methyl sites for hydroxylation is 1. The largest absolute Gasteiger partial charge is 0.492 e. The molecule has 0 spiro atoms. The van der Waals surface area contributed by atoms with Crippen LogP contribution in [0.5, 0.6) is 5.75 Å². The van der Waals surface area contributed by atoms with Crippen LogP contribution in [0.3, 0.4) is 0 Å². The van der Waals surface area contributed by atoms with E-state index in [4.69, 9.17) is 4.74 Å². The van der Waals surface area contributed by atoms with E-state index >= 15 is 0 Å². The molecular weight excluding hydrogens is 384 g/mol. The molecule has 3 rings (SSSR count). The van der Waals surface area contributed by atoms with Crippen LogP contribution in [0.2, 0.25) is 0 Å². The first kappa shape index (κ1) is 21.2. The fourth-order valence-electron chi connectivity index (χ4n) is 3.21. The van der Waals surface area contributed by atoms with Crippen LogP contribution in [0.4, 0.5) is 11.4 Å². The number of nitrogens with zero attached hydrogens (tertiary/aromatic N) is 1. The summed E-state index contributed by atoms with van der Waals surface area (Å²) in [4.78, 5) is 38.4. The molecule has 1 heterocycles. The highest BCUT2D eigenvalue weighted by molar-refractivity contribution is 6.01. The first-order chi connectivity index (χ1) is 14.5. The minimum atomic E-state index is -0.558. The van der Waals surface area contributed by atoms with Crippen molar-refractivity contribution in [3.63, 3.8) is 0 Å². The van der Waals surface area contributed by atoms with E-state index in [1.807, 2.05) is 50.2 Å². The molecule has 1 saturated heterocycles. The quantitative estimate of drug-likeness (QED) is 0.607. The fourth-order valence-corrected chi connectivity index (χ4v) is 3.21. The van der Waals surface area contributed by atoms with Crippen molar-refractivity contribution in [2.75, 3.05) is 29.9 Å². The monoisotopic (exact) mass is 410 g/mol. The molecule has 158 valence electrons. The van der Waals surface area contributed by atoms with Gasteiger partial charge in [-0.2, -0.15) is 0 Å². The van der Waals surface area contributed by atoms with Gasteiger partial charge in [0.05, 0.1) is 24.8 Å². The highest BCUT2D eigenvalue weighted by Gasteiger charge is 2.36. The highest BCUT2D eigenvalue weighted by Crippen LogP contribution is 2.33. The van der Waals surface area contributed by atoms with Gasteiger partial charge in [0.15, 0.2) is 0 Å². The van der Waals surface area contributed by atoms with Crippen molar-refractivity contribution in [1.82, 2.24) is 10.9 Å². The predicted octanol–water partition coefficient (Wildman–Crippen LogP) is 2.01. The number of hydrazine groups is 1. The summed E-state index contributed by atoms with van der Waals surface area (Å²) in [5, 5.41) is 2.98. The van der Waals surface area contributed by atoms with E-state index in [-0.39, 0.29) is 31.3 Å². The number of hydrogen-bond acceptors (Lipinski definition) is 5. The van der Waals surface area contributed by atoms with E-state index < -0.39 is 11.8 Å². The maximum atomic E-state index is 12.5. The Morgan fingerprint density at radius 2 is 1.83 bits per heavy atom. The van der Waals surface area contributed by atoms with Crippen molar-refractivity contribution in [3.8, 4) is 5.75 Å². The lowest BCUT2D eigenvalue weighted by Crippen LogP contribution is -2.47. The molecule has 0 saturated carbocycles. The van der Waals surface area contributed by atoms with Crippen molar-refractivity contribution in [1.29, 1.82) is 0 Å². The summed E-state index contributed by atoms with van der Waals surface area (Å²) in [5.74, 6) is -0.896. The Balaban J connectivity index is 1.50. The number of nitrogens with one attached hydrogen (secondary N) is 3. The van der Waals surface area contributed by atoms with Gasteiger partial charge in [-0.05, 0) is 38.1 Å². The molecule has 8 nitrogen and oxygen atoms in total. The molecular formula is C22H26N4O4. The first-order valence-corrected chi connectivity index (χ1v) is 9.89. The van der Waals surface area contributed by atoms with Gasteiger partial charge < -0.3 is 15.0 Å². The van der Waals surface area contributed by atoms with E-state index in [1.54, 1.807) is 17.0 Å².